The monoisotopic (exact) mass is 172 g/mol. The van der Waals surface area contributed by atoms with Crippen molar-refractivity contribution in [3.05, 3.63) is 34.9 Å². The summed E-state index contributed by atoms with van der Waals surface area (Å²) >= 11 is 0. The Morgan fingerprint density at radius 3 is 2.25 bits per heavy atom. The molecule has 1 N–H and O–H groups in total. The molecule has 0 aliphatic carbocycles. The van der Waals surface area contributed by atoms with Gasteiger partial charge in [0.05, 0.1) is 5.56 Å². The van der Waals surface area contributed by atoms with Crippen LogP contribution < -0.4 is 0 Å². The highest BCUT2D eigenvalue weighted by atomic mass is 19.3. The normalized spacial score (nSPS) is 11.8. The van der Waals surface area contributed by atoms with Crippen molar-refractivity contribution in [3.8, 4) is 0 Å². The number of aliphatic hydroxyl groups is 1. The molecule has 0 spiro atoms. The number of aryl methyl sites for hydroxylation is 2. The summed E-state index contributed by atoms with van der Waals surface area (Å²) in [6.07, 6.45) is -3.73. The molecule has 1 rings (SSSR count). The van der Waals surface area contributed by atoms with E-state index < -0.39 is 6.11 Å². The molecular formula is C9H10F2O. The van der Waals surface area contributed by atoms with E-state index in [0.29, 0.717) is 11.1 Å². The van der Waals surface area contributed by atoms with E-state index in [4.69, 9.17) is 5.11 Å². The number of hydrogen-bond donors (Lipinski definition) is 1. The van der Waals surface area contributed by atoms with E-state index >= 15 is 0 Å². The molecule has 0 amide bonds. The molecule has 1 aromatic rings. The molecule has 0 saturated carbocycles. The van der Waals surface area contributed by atoms with Gasteiger partial charge < -0.3 is 5.11 Å². The number of benzene rings is 1. The Bertz CT molecular complexity index is 289. The Hall–Kier alpha value is -0.960. The summed E-state index contributed by atoms with van der Waals surface area (Å²) in [6, 6.07) is 4.58. The minimum absolute atomic E-state index is 0.317. The fraction of sp³-hybridized carbons (Fsp3) is 0.333. The van der Waals surface area contributed by atoms with Gasteiger partial charge in [-0.3, -0.25) is 0 Å². The molecule has 0 heterocycles. The summed E-state index contributed by atoms with van der Waals surface area (Å²) in [5, 5.41) is 8.46. The van der Waals surface area contributed by atoms with Crippen LogP contribution in [0.2, 0.25) is 0 Å². The van der Waals surface area contributed by atoms with Crippen molar-refractivity contribution in [1.82, 2.24) is 0 Å². The molecule has 0 atom stereocenters. The summed E-state index contributed by atoms with van der Waals surface area (Å²) in [6.45, 7) is 3.24. The Morgan fingerprint density at radius 1 is 1.25 bits per heavy atom. The van der Waals surface area contributed by atoms with Gasteiger partial charge in [0.25, 0.3) is 0 Å². The van der Waals surface area contributed by atoms with E-state index in [1.807, 2.05) is 0 Å². The number of halogens is 2. The van der Waals surface area contributed by atoms with Gasteiger partial charge in [0.2, 0.25) is 0 Å². The SMILES string of the molecule is Cc1ccc(C)c(C(O)(F)F)c1. The topological polar surface area (TPSA) is 20.2 Å². The van der Waals surface area contributed by atoms with Crippen molar-refractivity contribution in [2.45, 2.75) is 20.0 Å². The number of rotatable bonds is 1. The fourth-order valence-electron chi connectivity index (χ4n) is 1.06. The van der Waals surface area contributed by atoms with Crippen LogP contribution in [0.25, 0.3) is 0 Å². The molecular weight excluding hydrogens is 162 g/mol. The second-order valence-electron chi connectivity index (χ2n) is 2.86. The summed E-state index contributed by atoms with van der Waals surface area (Å²) in [5.74, 6) is 0. The second kappa shape index (κ2) is 2.83. The first kappa shape index (κ1) is 9.13. The summed E-state index contributed by atoms with van der Waals surface area (Å²) < 4.78 is 24.9. The Morgan fingerprint density at radius 2 is 1.83 bits per heavy atom. The van der Waals surface area contributed by atoms with Crippen LogP contribution in [0.3, 0.4) is 0 Å². The van der Waals surface area contributed by atoms with Crippen LogP contribution in [-0.2, 0) is 6.11 Å². The smallest absolute Gasteiger partial charge is 0.332 e. The zero-order valence-electron chi connectivity index (χ0n) is 6.94. The van der Waals surface area contributed by atoms with Gasteiger partial charge in [0.1, 0.15) is 0 Å². The fourth-order valence-corrected chi connectivity index (χ4v) is 1.06. The number of hydrogen-bond acceptors (Lipinski definition) is 1. The van der Waals surface area contributed by atoms with Gasteiger partial charge in [-0.15, -0.1) is 0 Å². The van der Waals surface area contributed by atoms with E-state index in [1.54, 1.807) is 26.0 Å². The lowest BCUT2D eigenvalue weighted by atomic mass is 10.1. The maximum atomic E-state index is 12.5. The molecule has 0 aromatic heterocycles. The zero-order valence-corrected chi connectivity index (χ0v) is 6.94. The van der Waals surface area contributed by atoms with Crippen LogP contribution in [-0.4, -0.2) is 5.11 Å². The van der Waals surface area contributed by atoms with Gasteiger partial charge in [0, 0.05) is 0 Å². The molecule has 0 aliphatic heterocycles. The van der Waals surface area contributed by atoms with Crippen LogP contribution in [0.15, 0.2) is 18.2 Å². The minimum Gasteiger partial charge on any atom is -0.332 e. The molecule has 3 heteroatoms. The molecule has 0 unspecified atom stereocenters. The lowest BCUT2D eigenvalue weighted by Gasteiger charge is -2.12. The Balaban J connectivity index is 3.23. The van der Waals surface area contributed by atoms with Crippen LogP contribution in [0.1, 0.15) is 16.7 Å². The Kier molecular flexibility index (Phi) is 2.15. The van der Waals surface area contributed by atoms with Crippen molar-refractivity contribution in [2.75, 3.05) is 0 Å². The average molecular weight is 172 g/mol. The van der Waals surface area contributed by atoms with Crippen LogP contribution in [0, 0.1) is 13.8 Å². The molecule has 0 bridgehead atoms. The first-order valence-corrected chi connectivity index (χ1v) is 3.59. The Labute approximate surface area is 69.7 Å². The van der Waals surface area contributed by atoms with Crippen LogP contribution in [0.5, 0.6) is 0 Å². The summed E-state index contributed by atoms with van der Waals surface area (Å²) in [5.41, 5.74) is 0.792. The van der Waals surface area contributed by atoms with E-state index in [-0.39, 0.29) is 5.56 Å². The van der Waals surface area contributed by atoms with E-state index in [1.165, 1.54) is 6.07 Å². The highest BCUT2D eigenvalue weighted by Crippen LogP contribution is 2.27. The third-order valence-electron chi connectivity index (χ3n) is 1.72. The van der Waals surface area contributed by atoms with E-state index in [2.05, 4.69) is 0 Å². The van der Waals surface area contributed by atoms with E-state index in [9.17, 15) is 8.78 Å². The van der Waals surface area contributed by atoms with Crippen LogP contribution >= 0.6 is 0 Å². The molecule has 1 nitrogen and oxygen atoms in total. The molecule has 0 fully saturated rings. The third kappa shape index (κ3) is 1.80. The lowest BCUT2D eigenvalue weighted by molar-refractivity contribution is -0.209. The third-order valence-corrected chi connectivity index (χ3v) is 1.72. The predicted molar refractivity (Wildman–Crippen MR) is 42.0 cm³/mol. The summed E-state index contributed by atoms with van der Waals surface area (Å²) in [7, 11) is 0. The predicted octanol–water partition coefficient (Wildman–Crippen LogP) is 2.35. The number of alkyl halides is 2. The quantitative estimate of drug-likeness (QED) is 0.689. The van der Waals surface area contributed by atoms with Gasteiger partial charge in [-0.1, -0.05) is 17.7 Å². The van der Waals surface area contributed by atoms with Gasteiger partial charge in [-0.05, 0) is 25.5 Å². The van der Waals surface area contributed by atoms with Crippen molar-refractivity contribution in [1.29, 1.82) is 0 Å². The standard InChI is InChI=1S/C9H10F2O/c1-6-3-4-7(2)8(5-6)9(10,11)12/h3-5,12H,1-2H3. The van der Waals surface area contributed by atoms with Crippen molar-refractivity contribution < 1.29 is 13.9 Å². The molecule has 66 valence electrons. The van der Waals surface area contributed by atoms with E-state index in [0.717, 1.165) is 0 Å². The minimum atomic E-state index is -3.73. The molecule has 0 aliphatic rings. The highest BCUT2D eigenvalue weighted by molar-refractivity contribution is 5.32. The van der Waals surface area contributed by atoms with Crippen LogP contribution in [0.4, 0.5) is 8.78 Å². The average Bonchev–Trinajstić information content (AvgIpc) is 1.92. The van der Waals surface area contributed by atoms with Gasteiger partial charge in [-0.25, -0.2) is 0 Å². The van der Waals surface area contributed by atoms with Gasteiger partial charge >= 0.3 is 6.11 Å². The summed E-state index contributed by atoms with van der Waals surface area (Å²) in [4.78, 5) is 0. The second-order valence-corrected chi connectivity index (χ2v) is 2.86. The van der Waals surface area contributed by atoms with Crippen molar-refractivity contribution >= 4 is 0 Å². The maximum Gasteiger partial charge on any atom is 0.381 e. The van der Waals surface area contributed by atoms with Gasteiger partial charge in [-0.2, -0.15) is 8.78 Å². The molecule has 1 aromatic carbocycles. The first-order chi connectivity index (χ1) is 5.41. The van der Waals surface area contributed by atoms with Gasteiger partial charge in [0.15, 0.2) is 0 Å². The first-order valence-electron chi connectivity index (χ1n) is 3.59. The largest absolute Gasteiger partial charge is 0.381 e. The highest BCUT2D eigenvalue weighted by Gasteiger charge is 2.29. The molecule has 0 radical (unpaired) electrons. The van der Waals surface area contributed by atoms with Crippen molar-refractivity contribution in [3.63, 3.8) is 0 Å². The maximum absolute atomic E-state index is 12.5. The van der Waals surface area contributed by atoms with Crippen molar-refractivity contribution in [2.24, 2.45) is 0 Å². The molecule has 12 heavy (non-hydrogen) atoms. The zero-order chi connectivity index (χ0) is 9.35. The lowest BCUT2D eigenvalue weighted by Crippen LogP contribution is -2.13. The molecule has 0 saturated heterocycles.